The Balaban J connectivity index is 1.28. The molecule has 5 heteroatoms. The number of nitrogens with zero attached hydrogens (tertiary/aromatic N) is 1. The standard InChI is InChI=1S/C21H27N3O2/c1-2-7-18(8-3-1)17-26-20-11-9-19(10-12-20)25-16-5-4-13-22-21-23-14-6-15-24-21/h1-3,7-12H,4-6,13-17H2,(H2,22,23,24). The highest BCUT2D eigenvalue weighted by Gasteiger charge is 2.02. The largest absolute Gasteiger partial charge is 0.494 e. The molecule has 0 aromatic heterocycles. The molecule has 2 aromatic carbocycles. The van der Waals surface area contributed by atoms with Crippen LogP contribution >= 0.6 is 0 Å². The van der Waals surface area contributed by atoms with Crippen molar-refractivity contribution in [2.75, 3.05) is 26.2 Å². The van der Waals surface area contributed by atoms with Gasteiger partial charge in [0.1, 0.15) is 18.1 Å². The van der Waals surface area contributed by atoms with Gasteiger partial charge in [-0.1, -0.05) is 30.3 Å². The van der Waals surface area contributed by atoms with Crippen LogP contribution in [0, 0.1) is 0 Å². The summed E-state index contributed by atoms with van der Waals surface area (Å²) in [6, 6.07) is 18.0. The van der Waals surface area contributed by atoms with E-state index in [1.807, 2.05) is 42.5 Å². The first-order valence-corrected chi connectivity index (χ1v) is 9.32. The van der Waals surface area contributed by atoms with Crippen LogP contribution in [0.25, 0.3) is 0 Å². The monoisotopic (exact) mass is 353 g/mol. The lowest BCUT2D eigenvalue weighted by molar-refractivity contribution is 0.298. The summed E-state index contributed by atoms with van der Waals surface area (Å²) in [7, 11) is 0. The van der Waals surface area contributed by atoms with Crippen LogP contribution < -0.4 is 20.1 Å². The molecule has 1 aliphatic rings. The Bertz CT molecular complexity index is 671. The molecule has 2 aromatic rings. The van der Waals surface area contributed by atoms with Gasteiger partial charge < -0.3 is 20.1 Å². The zero-order valence-corrected chi connectivity index (χ0v) is 15.1. The first-order valence-electron chi connectivity index (χ1n) is 9.32. The number of guanidine groups is 1. The predicted molar refractivity (Wildman–Crippen MR) is 105 cm³/mol. The molecule has 3 rings (SSSR count). The maximum atomic E-state index is 5.79. The van der Waals surface area contributed by atoms with Crippen molar-refractivity contribution in [2.24, 2.45) is 4.99 Å². The lowest BCUT2D eigenvalue weighted by Gasteiger charge is -2.15. The molecule has 0 spiro atoms. The highest BCUT2D eigenvalue weighted by Crippen LogP contribution is 2.19. The van der Waals surface area contributed by atoms with Gasteiger partial charge in [-0.15, -0.1) is 0 Å². The van der Waals surface area contributed by atoms with Gasteiger partial charge in [-0.3, -0.25) is 4.99 Å². The van der Waals surface area contributed by atoms with Crippen LogP contribution in [0.15, 0.2) is 59.6 Å². The van der Waals surface area contributed by atoms with E-state index in [2.05, 4.69) is 27.8 Å². The van der Waals surface area contributed by atoms with Gasteiger partial charge in [0, 0.05) is 19.6 Å². The maximum Gasteiger partial charge on any atom is 0.191 e. The number of rotatable bonds is 9. The third-order valence-electron chi connectivity index (χ3n) is 4.10. The van der Waals surface area contributed by atoms with Gasteiger partial charge >= 0.3 is 0 Å². The molecule has 26 heavy (non-hydrogen) atoms. The zero-order chi connectivity index (χ0) is 17.9. The van der Waals surface area contributed by atoms with Gasteiger partial charge in [0.15, 0.2) is 5.96 Å². The zero-order valence-electron chi connectivity index (χ0n) is 15.1. The van der Waals surface area contributed by atoms with Crippen molar-refractivity contribution < 1.29 is 9.47 Å². The van der Waals surface area contributed by atoms with E-state index in [0.29, 0.717) is 13.2 Å². The average molecular weight is 353 g/mol. The van der Waals surface area contributed by atoms with Crippen molar-refractivity contribution >= 4 is 5.96 Å². The van der Waals surface area contributed by atoms with Crippen LogP contribution in [0.5, 0.6) is 11.5 Å². The second-order valence-corrected chi connectivity index (χ2v) is 6.24. The van der Waals surface area contributed by atoms with Crippen molar-refractivity contribution in [3.8, 4) is 11.5 Å². The van der Waals surface area contributed by atoms with Gasteiger partial charge in [-0.25, -0.2) is 0 Å². The van der Waals surface area contributed by atoms with Crippen LogP contribution in [-0.4, -0.2) is 32.2 Å². The van der Waals surface area contributed by atoms with E-state index in [4.69, 9.17) is 9.47 Å². The van der Waals surface area contributed by atoms with Crippen LogP contribution in [0.4, 0.5) is 0 Å². The highest BCUT2D eigenvalue weighted by molar-refractivity contribution is 5.80. The molecule has 1 aliphatic heterocycles. The SMILES string of the molecule is c1ccc(COc2ccc(OCCCCNC3=NCCCN3)cc2)cc1. The number of benzene rings is 2. The van der Waals surface area contributed by atoms with E-state index in [-0.39, 0.29) is 0 Å². The van der Waals surface area contributed by atoms with E-state index in [9.17, 15) is 0 Å². The first-order chi connectivity index (χ1) is 12.9. The minimum atomic E-state index is 0.578. The predicted octanol–water partition coefficient (Wildman–Crippen LogP) is 3.36. The molecule has 0 amide bonds. The molecule has 0 fully saturated rings. The van der Waals surface area contributed by atoms with Gasteiger partial charge in [0.05, 0.1) is 6.61 Å². The van der Waals surface area contributed by atoms with Gasteiger partial charge in [-0.05, 0) is 49.1 Å². The summed E-state index contributed by atoms with van der Waals surface area (Å²) in [5.41, 5.74) is 1.16. The normalized spacial score (nSPS) is 13.5. The van der Waals surface area contributed by atoms with E-state index in [1.165, 1.54) is 0 Å². The maximum absolute atomic E-state index is 5.79. The number of aliphatic imine (C=N–C) groups is 1. The third kappa shape index (κ3) is 6.31. The minimum absolute atomic E-state index is 0.578. The number of unbranched alkanes of at least 4 members (excludes halogenated alkanes) is 1. The Labute approximate surface area is 155 Å². The summed E-state index contributed by atoms with van der Waals surface area (Å²) in [4.78, 5) is 4.39. The Morgan fingerprint density at radius 2 is 1.69 bits per heavy atom. The molecule has 0 atom stereocenters. The second kappa shape index (κ2) is 10.3. The third-order valence-corrected chi connectivity index (χ3v) is 4.10. The van der Waals surface area contributed by atoms with E-state index >= 15 is 0 Å². The lowest BCUT2D eigenvalue weighted by Crippen LogP contribution is -2.41. The number of nitrogens with one attached hydrogen (secondary N) is 2. The molecule has 0 radical (unpaired) electrons. The first kappa shape index (κ1) is 18.1. The fourth-order valence-electron chi connectivity index (χ4n) is 2.65. The van der Waals surface area contributed by atoms with Crippen molar-refractivity contribution in [3.05, 3.63) is 60.2 Å². The number of hydrogen-bond donors (Lipinski definition) is 2. The van der Waals surface area contributed by atoms with Crippen LogP contribution in [0.2, 0.25) is 0 Å². The Morgan fingerprint density at radius 3 is 2.42 bits per heavy atom. The summed E-state index contributed by atoms with van der Waals surface area (Å²) in [6.45, 7) is 4.14. The van der Waals surface area contributed by atoms with Gasteiger partial charge in [0.2, 0.25) is 0 Å². The molecular weight excluding hydrogens is 326 g/mol. The number of hydrogen-bond acceptors (Lipinski definition) is 5. The smallest absolute Gasteiger partial charge is 0.191 e. The van der Waals surface area contributed by atoms with Crippen LogP contribution in [-0.2, 0) is 6.61 Å². The average Bonchev–Trinajstić information content (AvgIpc) is 2.71. The summed E-state index contributed by atoms with van der Waals surface area (Å²) in [5, 5.41) is 6.58. The fourth-order valence-corrected chi connectivity index (χ4v) is 2.65. The molecule has 0 saturated heterocycles. The summed E-state index contributed by atoms with van der Waals surface area (Å²) < 4.78 is 11.6. The van der Waals surface area contributed by atoms with Crippen LogP contribution in [0.1, 0.15) is 24.8 Å². The van der Waals surface area contributed by atoms with Crippen LogP contribution in [0.3, 0.4) is 0 Å². The summed E-state index contributed by atoms with van der Waals surface area (Å²) >= 11 is 0. The molecule has 0 unspecified atom stereocenters. The second-order valence-electron chi connectivity index (χ2n) is 6.24. The quantitative estimate of drug-likeness (QED) is 0.679. The molecule has 0 bridgehead atoms. The summed E-state index contributed by atoms with van der Waals surface area (Å²) in [5.74, 6) is 2.66. The Kier molecular flexibility index (Phi) is 7.20. The lowest BCUT2D eigenvalue weighted by atomic mass is 10.2. The van der Waals surface area contributed by atoms with E-state index in [1.54, 1.807) is 0 Å². The molecule has 5 nitrogen and oxygen atoms in total. The Hall–Kier alpha value is -2.69. The fraction of sp³-hybridized carbons (Fsp3) is 0.381. The van der Waals surface area contributed by atoms with E-state index < -0.39 is 0 Å². The van der Waals surface area contributed by atoms with Crippen molar-refractivity contribution in [2.45, 2.75) is 25.9 Å². The minimum Gasteiger partial charge on any atom is -0.494 e. The van der Waals surface area contributed by atoms with Crippen molar-refractivity contribution in [3.63, 3.8) is 0 Å². The molecule has 2 N–H and O–H groups in total. The number of ether oxygens (including phenoxy) is 2. The van der Waals surface area contributed by atoms with E-state index in [0.717, 1.165) is 61.9 Å². The summed E-state index contributed by atoms with van der Waals surface area (Å²) in [6.07, 6.45) is 3.18. The van der Waals surface area contributed by atoms with Crippen molar-refractivity contribution in [1.29, 1.82) is 0 Å². The molecule has 1 heterocycles. The molecular formula is C21H27N3O2. The Morgan fingerprint density at radius 1 is 0.923 bits per heavy atom. The topological polar surface area (TPSA) is 54.9 Å². The molecule has 0 aliphatic carbocycles. The highest BCUT2D eigenvalue weighted by atomic mass is 16.5. The van der Waals surface area contributed by atoms with Crippen molar-refractivity contribution in [1.82, 2.24) is 10.6 Å². The van der Waals surface area contributed by atoms with Gasteiger partial charge in [-0.2, -0.15) is 0 Å². The molecule has 0 saturated carbocycles. The molecule has 138 valence electrons. The van der Waals surface area contributed by atoms with Gasteiger partial charge in [0.25, 0.3) is 0 Å².